The van der Waals surface area contributed by atoms with Gasteiger partial charge < -0.3 is 10.0 Å². The summed E-state index contributed by atoms with van der Waals surface area (Å²) in [6.45, 7) is 3.60. The Hall–Kier alpha value is -2.09. The van der Waals surface area contributed by atoms with Crippen LogP contribution >= 0.6 is 0 Å². The van der Waals surface area contributed by atoms with Crippen molar-refractivity contribution in [2.24, 2.45) is 5.92 Å². The molecule has 1 N–H and O–H groups in total. The highest BCUT2D eigenvalue weighted by Gasteiger charge is 2.46. The Labute approximate surface area is 119 Å². The number of aliphatic hydroxyl groups is 1. The highest BCUT2D eigenvalue weighted by Crippen LogP contribution is 2.31. The van der Waals surface area contributed by atoms with Crippen molar-refractivity contribution in [2.45, 2.75) is 19.4 Å². The van der Waals surface area contributed by atoms with E-state index in [9.17, 15) is 28.8 Å². The summed E-state index contributed by atoms with van der Waals surface area (Å²) in [5.41, 5.74) is -2.64. The quantitative estimate of drug-likeness (QED) is 0.680. The molecule has 2 rings (SSSR count). The van der Waals surface area contributed by atoms with Gasteiger partial charge in [0.25, 0.3) is 5.91 Å². The van der Waals surface area contributed by atoms with E-state index in [-0.39, 0.29) is 19.0 Å². The van der Waals surface area contributed by atoms with Gasteiger partial charge in [0.15, 0.2) is 0 Å². The molecule has 1 aromatic carbocycles. The lowest BCUT2D eigenvalue weighted by atomic mass is 9.82. The van der Waals surface area contributed by atoms with Gasteiger partial charge in [-0.15, -0.1) is 0 Å². The zero-order valence-corrected chi connectivity index (χ0v) is 11.5. The molecule has 0 spiro atoms. The first kappa shape index (κ1) is 15.3. The molecule has 8 heteroatoms. The lowest BCUT2D eigenvalue weighted by Gasteiger charge is -2.49. The van der Waals surface area contributed by atoms with Crippen LogP contribution in [0.15, 0.2) is 12.1 Å². The number of likely N-dealkylation sites (tertiary alicyclic amines) is 1. The van der Waals surface area contributed by atoms with Crippen LogP contribution in [0.3, 0.4) is 0 Å². The zero-order valence-electron chi connectivity index (χ0n) is 11.5. The summed E-state index contributed by atoms with van der Waals surface area (Å²) in [5.74, 6) is -3.32. The van der Waals surface area contributed by atoms with Crippen molar-refractivity contribution in [1.82, 2.24) is 4.90 Å². The Bertz CT molecular complexity index is 612. The largest absolute Gasteiger partial charge is 0.386 e. The van der Waals surface area contributed by atoms with E-state index in [1.54, 1.807) is 13.8 Å². The van der Waals surface area contributed by atoms with Crippen LogP contribution in [-0.2, 0) is 0 Å². The SMILES string of the molecule is CC(C)C1(O)CN(C(=O)c2cc(F)c([N+](=O)[O-])cc2F)C1. The van der Waals surface area contributed by atoms with E-state index in [1.165, 1.54) is 4.90 Å². The number of rotatable bonds is 3. The van der Waals surface area contributed by atoms with E-state index in [2.05, 4.69) is 0 Å². The lowest BCUT2D eigenvalue weighted by molar-refractivity contribution is -0.387. The van der Waals surface area contributed by atoms with Gasteiger partial charge >= 0.3 is 5.69 Å². The number of halogens is 2. The van der Waals surface area contributed by atoms with Gasteiger partial charge in [-0.1, -0.05) is 13.8 Å². The third-order valence-electron chi connectivity index (χ3n) is 3.75. The molecule has 0 aromatic heterocycles. The summed E-state index contributed by atoms with van der Waals surface area (Å²) in [4.78, 5) is 22.6. The summed E-state index contributed by atoms with van der Waals surface area (Å²) in [5, 5.41) is 20.5. The van der Waals surface area contributed by atoms with E-state index >= 15 is 0 Å². The number of carbonyl (C=O) groups excluding carboxylic acids is 1. The smallest absolute Gasteiger partial charge is 0.307 e. The number of carbonyl (C=O) groups is 1. The molecule has 1 aromatic rings. The molecule has 0 unspecified atom stereocenters. The number of β-amino-alcohol motifs (C(OH)–C–C–N with tert-alkyl or cyclic N) is 1. The lowest BCUT2D eigenvalue weighted by Crippen LogP contribution is -2.66. The Kier molecular flexibility index (Phi) is 3.66. The van der Waals surface area contributed by atoms with Crippen molar-refractivity contribution in [3.63, 3.8) is 0 Å². The molecule has 114 valence electrons. The Morgan fingerprint density at radius 1 is 1.38 bits per heavy atom. The Morgan fingerprint density at radius 2 is 1.95 bits per heavy atom. The minimum Gasteiger partial charge on any atom is -0.386 e. The van der Waals surface area contributed by atoms with E-state index in [0.29, 0.717) is 12.1 Å². The van der Waals surface area contributed by atoms with Crippen molar-refractivity contribution < 1.29 is 23.6 Å². The van der Waals surface area contributed by atoms with Crippen molar-refractivity contribution >= 4 is 11.6 Å². The average molecular weight is 300 g/mol. The second-order valence-corrected chi connectivity index (χ2v) is 5.46. The van der Waals surface area contributed by atoms with Gasteiger partial charge in [0.05, 0.1) is 29.6 Å². The number of hydrogen-bond acceptors (Lipinski definition) is 4. The molecule has 1 amide bonds. The summed E-state index contributed by atoms with van der Waals surface area (Å²) in [6.07, 6.45) is 0. The molecule has 0 aliphatic carbocycles. The first-order chi connectivity index (χ1) is 9.65. The number of nitro groups is 1. The van der Waals surface area contributed by atoms with Gasteiger partial charge in [0, 0.05) is 0 Å². The normalized spacial score (nSPS) is 16.8. The van der Waals surface area contributed by atoms with Crippen LogP contribution in [0.25, 0.3) is 0 Å². The highest BCUT2D eigenvalue weighted by molar-refractivity contribution is 5.95. The van der Waals surface area contributed by atoms with Crippen molar-refractivity contribution in [2.75, 3.05) is 13.1 Å². The molecule has 1 aliphatic heterocycles. The van der Waals surface area contributed by atoms with Gasteiger partial charge in [-0.2, -0.15) is 4.39 Å². The molecule has 21 heavy (non-hydrogen) atoms. The number of hydrogen-bond donors (Lipinski definition) is 1. The number of benzene rings is 1. The van der Waals surface area contributed by atoms with E-state index in [4.69, 9.17) is 0 Å². The van der Waals surface area contributed by atoms with Crippen molar-refractivity contribution in [3.8, 4) is 0 Å². The van der Waals surface area contributed by atoms with E-state index in [1.807, 2.05) is 0 Å². The maximum absolute atomic E-state index is 13.7. The molecular formula is C13H14F2N2O4. The molecular weight excluding hydrogens is 286 g/mol. The molecule has 1 fully saturated rings. The van der Waals surface area contributed by atoms with Crippen molar-refractivity contribution in [3.05, 3.63) is 39.4 Å². The number of nitro benzene ring substituents is 1. The summed E-state index contributed by atoms with van der Waals surface area (Å²) in [7, 11) is 0. The van der Waals surface area contributed by atoms with Crippen LogP contribution < -0.4 is 0 Å². The van der Waals surface area contributed by atoms with Gasteiger partial charge in [0.1, 0.15) is 11.4 Å². The maximum atomic E-state index is 13.7. The minimum absolute atomic E-state index is 0.0154. The Morgan fingerprint density at radius 3 is 2.43 bits per heavy atom. The van der Waals surface area contributed by atoms with E-state index < -0.39 is 39.3 Å². The van der Waals surface area contributed by atoms with Crippen LogP contribution in [0.2, 0.25) is 0 Å². The monoisotopic (exact) mass is 300 g/mol. The summed E-state index contributed by atoms with van der Waals surface area (Å²) < 4.78 is 27.2. The van der Waals surface area contributed by atoms with Gasteiger partial charge in [0.2, 0.25) is 5.82 Å². The maximum Gasteiger partial charge on any atom is 0.307 e. The van der Waals surface area contributed by atoms with Gasteiger partial charge in [-0.25, -0.2) is 4.39 Å². The zero-order chi connectivity index (χ0) is 15.9. The standard InChI is InChI=1S/C13H14F2N2O4/c1-7(2)13(19)5-16(6-13)12(18)8-3-10(15)11(17(20)21)4-9(8)14/h3-4,7,19H,5-6H2,1-2H3. The fraction of sp³-hybridized carbons (Fsp3) is 0.462. The second-order valence-electron chi connectivity index (χ2n) is 5.46. The predicted octanol–water partition coefficient (Wildman–Crippen LogP) is 1.72. The predicted molar refractivity (Wildman–Crippen MR) is 68.7 cm³/mol. The third-order valence-corrected chi connectivity index (χ3v) is 3.75. The van der Waals surface area contributed by atoms with Crippen LogP contribution in [0, 0.1) is 27.7 Å². The van der Waals surface area contributed by atoms with Crippen molar-refractivity contribution in [1.29, 1.82) is 0 Å². The molecule has 1 aliphatic rings. The second kappa shape index (κ2) is 5.03. The van der Waals surface area contributed by atoms with Gasteiger partial charge in [-0.3, -0.25) is 14.9 Å². The van der Waals surface area contributed by atoms with Crippen LogP contribution in [0.4, 0.5) is 14.5 Å². The first-order valence-electron chi connectivity index (χ1n) is 6.31. The van der Waals surface area contributed by atoms with Crippen LogP contribution in [0.5, 0.6) is 0 Å². The molecule has 0 bridgehead atoms. The molecule has 0 radical (unpaired) electrons. The minimum atomic E-state index is -1.27. The van der Waals surface area contributed by atoms with Crippen LogP contribution in [-0.4, -0.2) is 39.5 Å². The van der Waals surface area contributed by atoms with E-state index in [0.717, 1.165) is 0 Å². The number of amides is 1. The number of nitrogens with zero attached hydrogens (tertiary/aromatic N) is 2. The molecule has 1 heterocycles. The third kappa shape index (κ3) is 2.58. The molecule has 6 nitrogen and oxygen atoms in total. The fourth-order valence-corrected chi connectivity index (χ4v) is 2.13. The van der Waals surface area contributed by atoms with Gasteiger partial charge in [-0.05, 0) is 12.0 Å². The summed E-state index contributed by atoms with van der Waals surface area (Å²) in [6, 6.07) is 0.902. The van der Waals surface area contributed by atoms with Crippen LogP contribution in [0.1, 0.15) is 24.2 Å². The average Bonchev–Trinajstić information content (AvgIpc) is 2.35. The summed E-state index contributed by atoms with van der Waals surface area (Å²) >= 11 is 0. The first-order valence-corrected chi connectivity index (χ1v) is 6.31. The molecule has 0 atom stereocenters. The topological polar surface area (TPSA) is 83.7 Å². The highest BCUT2D eigenvalue weighted by atomic mass is 19.1. The fourth-order valence-electron chi connectivity index (χ4n) is 2.13. The molecule has 0 saturated carbocycles. The molecule has 1 saturated heterocycles. The Balaban J connectivity index is 2.22.